The number of carbonyl (C=O) groups excluding carboxylic acids is 1. The number of hydrogen-bond acceptors (Lipinski definition) is 5. The number of carbonyl (C=O) groups is 1. The zero-order valence-electron chi connectivity index (χ0n) is 18.9. The van der Waals surface area contributed by atoms with E-state index < -0.39 is 16.6 Å². The quantitative estimate of drug-likeness (QED) is 0.337. The Morgan fingerprint density at radius 2 is 1.34 bits per heavy atom. The lowest BCUT2D eigenvalue weighted by molar-refractivity contribution is -0.116. The van der Waals surface area contributed by atoms with Crippen molar-refractivity contribution in [3.05, 3.63) is 103 Å². The molecule has 35 heavy (non-hydrogen) atoms. The van der Waals surface area contributed by atoms with Gasteiger partial charge < -0.3 is 4.74 Å². The van der Waals surface area contributed by atoms with Gasteiger partial charge in [-0.25, -0.2) is 8.42 Å². The van der Waals surface area contributed by atoms with Gasteiger partial charge in [0.1, 0.15) is 12.3 Å². The van der Waals surface area contributed by atoms with Crippen LogP contribution in [0.25, 0.3) is 0 Å². The monoisotopic (exact) mass is 502 g/mol. The molecule has 5 rings (SSSR count). The molecule has 0 radical (unpaired) electrons. The van der Waals surface area contributed by atoms with Crippen LogP contribution in [0, 0.1) is 0 Å². The fourth-order valence-corrected chi connectivity index (χ4v) is 6.53. The Kier molecular flexibility index (Phi) is 6.23. The highest BCUT2D eigenvalue weighted by Crippen LogP contribution is 2.48. The lowest BCUT2D eigenvalue weighted by atomic mass is 10.2. The van der Waals surface area contributed by atoms with E-state index in [1.807, 2.05) is 48.5 Å². The minimum Gasteiger partial charge on any atom is -0.495 e. The fourth-order valence-electron chi connectivity index (χ4n) is 4.02. The van der Waals surface area contributed by atoms with Crippen LogP contribution in [-0.4, -0.2) is 28.0 Å². The summed E-state index contributed by atoms with van der Waals surface area (Å²) in [4.78, 5) is 17.5. The van der Waals surface area contributed by atoms with Crippen LogP contribution in [0.5, 0.6) is 5.75 Å². The van der Waals surface area contributed by atoms with Gasteiger partial charge in [0.05, 0.1) is 29.1 Å². The lowest BCUT2D eigenvalue weighted by Crippen LogP contribution is -2.42. The molecule has 1 heterocycles. The molecule has 176 valence electrons. The highest BCUT2D eigenvalue weighted by atomic mass is 32.2. The number of sulfonamides is 1. The summed E-state index contributed by atoms with van der Waals surface area (Å²) in [6.07, 6.45) is 0. The van der Waals surface area contributed by atoms with Gasteiger partial charge in [0.25, 0.3) is 15.9 Å². The van der Waals surface area contributed by atoms with Gasteiger partial charge in [0.2, 0.25) is 0 Å². The van der Waals surface area contributed by atoms with Crippen LogP contribution in [0.2, 0.25) is 0 Å². The van der Waals surface area contributed by atoms with Crippen molar-refractivity contribution in [3.63, 3.8) is 0 Å². The van der Waals surface area contributed by atoms with Crippen LogP contribution < -0.4 is 13.9 Å². The van der Waals surface area contributed by atoms with Crippen molar-refractivity contribution in [2.75, 3.05) is 22.9 Å². The van der Waals surface area contributed by atoms with Crippen LogP contribution in [0.15, 0.2) is 118 Å². The predicted molar refractivity (Wildman–Crippen MR) is 138 cm³/mol. The number of benzene rings is 4. The Bertz CT molecular complexity index is 1440. The lowest BCUT2D eigenvalue weighted by Gasteiger charge is -2.33. The number of ether oxygens (including phenoxy) is 1. The van der Waals surface area contributed by atoms with Gasteiger partial charge in [-0.1, -0.05) is 66.4 Å². The topological polar surface area (TPSA) is 66.9 Å². The number of para-hydroxylation sites is 4. The van der Waals surface area contributed by atoms with Gasteiger partial charge >= 0.3 is 0 Å². The molecule has 0 N–H and O–H groups in total. The Morgan fingerprint density at radius 1 is 0.800 bits per heavy atom. The fraction of sp³-hybridized carbons (Fsp3) is 0.0741. The Labute approximate surface area is 208 Å². The molecule has 6 nitrogen and oxygen atoms in total. The molecule has 0 aliphatic carbocycles. The van der Waals surface area contributed by atoms with E-state index in [1.54, 1.807) is 59.1 Å². The maximum absolute atomic E-state index is 14.0. The molecule has 1 aliphatic heterocycles. The first kappa shape index (κ1) is 23.0. The van der Waals surface area contributed by atoms with Crippen LogP contribution in [0.1, 0.15) is 0 Å². The van der Waals surface area contributed by atoms with Crippen LogP contribution in [-0.2, 0) is 14.8 Å². The molecule has 0 unspecified atom stereocenters. The van der Waals surface area contributed by atoms with Crippen LogP contribution in [0.3, 0.4) is 0 Å². The molecular weight excluding hydrogens is 480 g/mol. The molecule has 8 heteroatoms. The van der Waals surface area contributed by atoms with E-state index in [0.717, 1.165) is 25.5 Å². The summed E-state index contributed by atoms with van der Waals surface area (Å²) in [5.41, 5.74) is 1.73. The van der Waals surface area contributed by atoms with E-state index in [0.29, 0.717) is 11.4 Å². The summed E-state index contributed by atoms with van der Waals surface area (Å²) >= 11 is 1.58. The van der Waals surface area contributed by atoms with Gasteiger partial charge in [-0.3, -0.25) is 14.0 Å². The second kappa shape index (κ2) is 9.48. The third-order valence-corrected chi connectivity index (χ3v) is 8.55. The molecule has 0 bridgehead atoms. The standard InChI is InChI=1S/C27H22N2O4S2/c1-33-24-16-8-5-13-21(24)28(35(31,32)20-11-3-2-4-12-20)19-27(30)29-22-14-6-9-17-25(22)34-26-18-10-7-15-23(26)29/h2-18H,19H2,1H3. The van der Waals surface area contributed by atoms with Crippen molar-refractivity contribution in [3.8, 4) is 5.75 Å². The van der Waals surface area contributed by atoms with E-state index >= 15 is 0 Å². The minimum absolute atomic E-state index is 0.0914. The van der Waals surface area contributed by atoms with E-state index in [4.69, 9.17) is 4.74 Å². The van der Waals surface area contributed by atoms with Crippen molar-refractivity contribution >= 4 is 44.8 Å². The number of fused-ring (bicyclic) bond motifs is 2. The summed E-state index contributed by atoms with van der Waals surface area (Å²) in [6, 6.07) is 30.1. The van der Waals surface area contributed by atoms with Crippen molar-refractivity contribution in [1.82, 2.24) is 0 Å². The molecule has 0 atom stereocenters. The highest BCUT2D eigenvalue weighted by Gasteiger charge is 2.34. The molecule has 4 aromatic carbocycles. The maximum atomic E-state index is 14.0. The molecule has 0 saturated heterocycles. The normalized spacial score (nSPS) is 12.4. The summed E-state index contributed by atoms with van der Waals surface area (Å²) in [6.45, 7) is -0.412. The van der Waals surface area contributed by atoms with Crippen LogP contribution in [0.4, 0.5) is 17.1 Å². The first-order valence-electron chi connectivity index (χ1n) is 10.9. The van der Waals surface area contributed by atoms with E-state index in [2.05, 4.69) is 0 Å². The van der Waals surface area contributed by atoms with E-state index in [1.165, 1.54) is 19.2 Å². The number of hydrogen-bond donors (Lipinski definition) is 0. The number of nitrogens with zero attached hydrogens (tertiary/aromatic N) is 2. The number of rotatable bonds is 6. The van der Waals surface area contributed by atoms with Gasteiger partial charge in [-0.15, -0.1) is 0 Å². The Balaban J connectivity index is 1.62. The van der Waals surface area contributed by atoms with Crippen molar-refractivity contribution in [1.29, 1.82) is 0 Å². The summed E-state index contributed by atoms with van der Waals surface area (Å²) < 4.78 is 34.2. The molecule has 4 aromatic rings. The number of amides is 1. The van der Waals surface area contributed by atoms with Gasteiger partial charge in [0, 0.05) is 9.79 Å². The van der Waals surface area contributed by atoms with Gasteiger partial charge in [-0.05, 0) is 48.5 Å². The van der Waals surface area contributed by atoms with Crippen LogP contribution >= 0.6 is 11.8 Å². The zero-order valence-corrected chi connectivity index (χ0v) is 20.5. The average molecular weight is 503 g/mol. The predicted octanol–water partition coefficient (Wildman–Crippen LogP) is 5.72. The summed E-state index contributed by atoms with van der Waals surface area (Å²) in [5, 5.41) is 0. The second-order valence-electron chi connectivity index (χ2n) is 7.76. The first-order chi connectivity index (χ1) is 17.0. The minimum atomic E-state index is -4.07. The molecule has 0 saturated carbocycles. The van der Waals surface area contributed by atoms with Gasteiger partial charge in [-0.2, -0.15) is 0 Å². The van der Waals surface area contributed by atoms with E-state index in [-0.39, 0.29) is 10.8 Å². The molecular formula is C27H22N2O4S2. The van der Waals surface area contributed by atoms with Crippen molar-refractivity contribution in [2.24, 2.45) is 0 Å². The number of anilines is 3. The summed E-state index contributed by atoms with van der Waals surface area (Å²) in [5.74, 6) is -0.0228. The van der Waals surface area contributed by atoms with Gasteiger partial charge in [0.15, 0.2) is 0 Å². The molecule has 0 aromatic heterocycles. The maximum Gasteiger partial charge on any atom is 0.264 e. The van der Waals surface area contributed by atoms with E-state index in [9.17, 15) is 13.2 Å². The SMILES string of the molecule is COc1ccccc1N(CC(=O)N1c2ccccc2Sc2ccccc21)S(=O)(=O)c1ccccc1. The molecule has 0 spiro atoms. The molecule has 1 aliphatic rings. The molecule has 1 amide bonds. The largest absolute Gasteiger partial charge is 0.495 e. The number of methoxy groups -OCH3 is 1. The Hall–Kier alpha value is -3.75. The van der Waals surface area contributed by atoms with Crippen molar-refractivity contribution in [2.45, 2.75) is 14.7 Å². The Morgan fingerprint density at radius 3 is 1.97 bits per heavy atom. The second-order valence-corrected chi connectivity index (χ2v) is 10.7. The van der Waals surface area contributed by atoms with Crippen molar-refractivity contribution < 1.29 is 17.9 Å². The first-order valence-corrected chi connectivity index (χ1v) is 13.2. The smallest absolute Gasteiger partial charge is 0.264 e. The summed E-state index contributed by atoms with van der Waals surface area (Å²) in [7, 11) is -2.60. The third-order valence-electron chi connectivity index (χ3n) is 5.65. The average Bonchev–Trinajstić information content (AvgIpc) is 2.90. The molecule has 0 fully saturated rings. The third kappa shape index (κ3) is 4.26. The zero-order chi connectivity index (χ0) is 24.4. The highest BCUT2D eigenvalue weighted by molar-refractivity contribution is 7.99.